The molecule has 1 amide bonds. The number of anilines is 2. The molecule has 0 aliphatic carbocycles. The highest BCUT2D eigenvalue weighted by Crippen LogP contribution is 2.34. The van der Waals surface area contributed by atoms with E-state index in [2.05, 4.69) is 15.3 Å². The number of esters is 1. The first-order valence-corrected chi connectivity index (χ1v) is 7.02. The van der Waals surface area contributed by atoms with Crippen molar-refractivity contribution in [3.63, 3.8) is 0 Å². The first-order chi connectivity index (χ1) is 11.5. The fourth-order valence-electron chi connectivity index (χ4n) is 1.99. The zero-order chi connectivity index (χ0) is 17.1. The fourth-order valence-corrected chi connectivity index (χ4v) is 1.99. The van der Waals surface area contributed by atoms with Gasteiger partial charge in [-0.2, -0.15) is 0 Å². The monoisotopic (exact) mass is 330 g/mol. The maximum absolute atomic E-state index is 12.1. The number of hydrogen-bond acceptors (Lipinski definition) is 8. The maximum atomic E-state index is 12.1. The average molecular weight is 330 g/mol. The molecular weight excluding hydrogens is 316 g/mol. The van der Waals surface area contributed by atoms with Crippen molar-refractivity contribution < 1.29 is 23.8 Å². The van der Waals surface area contributed by atoms with Gasteiger partial charge in [0.2, 0.25) is 6.79 Å². The van der Waals surface area contributed by atoms with Gasteiger partial charge in [-0.05, 0) is 19.1 Å². The van der Waals surface area contributed by atoms with Crippen molar-refractivity contribution in [3.05, 3.63) is 36.3 Å². The Hall–Kier alpha value is -3.36. The molecule has 1 atom stereocenters. The van der Waals surface area contributed by atoms with E-state index in [4.69, 9.17) is 19.9 Å². The number of aromatic nitrogens is 2. The molecule has 9 heteroatoms. The Labute approximate surface area is 136 Å². The van der Waals surface area contributed by atoms with Gasteiger partial charge in [-0.3, -0.25) is 4.79 Å². The molecule has 1 aromatic carbocycles. The van der Waals surface area contributed by atoms with Crippen LogP contribution >= 0.6 is 0 Å². The molecule has 124 valence electrons. The summed E-state index contributed by atoms with van der Waals surface area (Å²) in [4.78, 5) is 31.6. The van der Waals surface area contributed by atoms with E-state index in [-0.39, 0.29) is 18.3 Å². The predicted molar refractivity (Wildman–Crippen MR) is 82.5 cm³/mol. The van der Waals surface area contributed by atoms with Crippen LogP contribution in [0.1, 0.15) is 17.4 Å². The summed E-state index contributed by atoms with van der Waals surface area (Å²) in [5, 5.41) is 2.62. The van der Waals surface area contributed by atoms with Crippen LogP contribution in [0.3, 0.4) is 0 Å². The number of nitrogens with one attached hydrogen (secondary N) is 1. The lowest BCUT2D eigenvalue weighted by molar-refractivity contribution is -0.123. The Morgan fingerprint density at radius 1 is 1.25 bits per heavy atom. The van der Waals surface area contributed by atoms with Crippen molar-refractivity contribution in [2.45, 2.75) is 13.0 Å². The third kappa shape index (κ3) is 3.19. The minimum absolute atomic E-state index is 0.0640. The number of fused-ring (bicyclic) bond motifs is 1. The number of rotatable bonds is 4. The van der Waals surface area contributed by atoms with Crippen LogP contribution in [-0.4, -0.2) is 34.7 Å². The molecular formula is C15H14N4O5. The van der Waals surface area contributed by atoms with Gasteiger partial charge in [-0.15, -0.1) is 0 Å². The highest BCUT2D eigenvalue weighted by Gasteiger charge is 2.22. The Morgan fingerprint density at radius 2 is 2.00 bits per heavy atom. The lowest BCUT2D eigenvalue weighted by Gasteiger charge is -2.13. The molecule has 1 aromatic heterocycles. The van der Waals surface area contributed by atoms with Gasteiger partial charge in [0.1, 0.15) is 0 Å². The summed E-state index contributed by atoms with van der Waals surface area (Å²) in [5.41, 5.74) is 5.90. The zero-order valence-corrected chi connectivity index (χ0v) is 12.7. The van der Waals surface area contributed by atoms with Gasteiger partial charge >= 0.3 is 5.97 Å². The summed E-state index contributed by atoms with van der Waals surface area (Å²) in [5.74, 6) is -0.264. The number of carbonyl (C=O) groups is 2. The number of carbonyl (C=O) groups excluding carboxylic acids is 2. The summed E-state index contributed by atoms with van der Waals surface area (Å²) < 4.78 is 15.5. The van der Waals surface area contributed by atoms with Crippen LogP contribution in [0.5, 0.6) is 11.5 Å². The van der Waals surface area contributed by atoms with E-state index in [1.165, 1.54) is 19.3 Å². The molecule has 0 saturated carbocycles. The Kier molecular flexibility index (Phi) is 4.15. The van der Waals surface area contributed by atoms with Gasteiger partial charge in [-0.1, -0.05) is 0 Å². The topological polar surface area (TPSA) is 126 Å². The summed E-state index contributed by atoms with van der Waals surface area (Å²) in [6.45, 7) is 1.58. The molecule has 0 saturated heterocycles. The third-order valence-corrected chi connectivity index (χ3v) is 3.21. The van der Waals surface area contributed by atoms with Gasteiger partial charge in [-0.25, -0.2) is 14.8 Å². The van der Waals surface area contributed by atoms with Gasteiger partial charge in [0.25, 0.3) is 5.91 Å². The van der Waals surface area contributed by atoms with Crippen LogP contribution in [0.25, 0.3) is 0 Å². The smallest absolute Gasteiger partial charge is 0.361 e. The first kappa shape index (κ1) is 15.5. The van der Waals surface area contributed by atoms with Crippen molar-refractivity contribution in [1.29, 1.82) is 0 Å². The van der Waals surface area contributed by atoms with Crippen molar-refractivity contribution in [3.8, 4) is 11.5 Å². The van der Waals surface area contributed by atoms with E-state index < -0.39 is 18.0 Å². The van der Waals surface area contributed by atoms with E-state index in [1.54, 1.807) is 18.2 Å². The highest BCUT2D eigenvalue weighted by molar-refractivity contribution is 5.98. The second-order valence-electron chi connectivity index (χ2n) is 4.90. The second kappa shape index (κ2) is 6.41. The molecule has 9 nitrogen and oxygen atoms in total. The molecule has 0 spiro atoms. The fraction of sp³-hybridized carbons (Fsp3) is 0.200. The minimum atomic E-state index is -1.05. The van der Waals surface area contributed by atoms with Gasteiger partial charge in [0.15, 0.2) is 29.1 Å². The number of ether oxygens (including phenoxy) is 3. The number of hydrogen-bond donors (Lipinski definition) is 2. The summed E-state index contributed by atoms with van der Waals surface area (Å²) in [6, 6.07) is 4.95. The van der Waals surface area contributed by atoms with Gasteiger partial charge < -0.3 is 25.3 Å². The largest absolute Gasteiger partial charge is 0.454 e. The second-order valence-corrected chi connectivity index (χ2v) is 4.90. The molecule has 1 aliphatic heterocycles. The van der Waals surface area contributed by atoms with Crippen LogP contribution < -0.4 is 20.5 Å². The molecule has 0 radical (unpaired) electrons. The molecule has 0 unspecified atom stereocenters. The molecule has 24 heavy (non-hydrogen) atoms. The molecule has 3 N–H and O–H groups in total. The number of nitrogens with two attached hydrogens (primary N) is 1. The molecule has 0 fully saturated rings. The van der Waals surface area contributed by atoms with E-state index in [1.807, 2.05) is 0 Å². The van der Waals surface area contributed by atoms with E-state index in [9.17, 15) is 9.59 Å². The Balaban J connectivity index is 1.63. The molecule has 2 aromatic rings. The van der Waals surface area contributed by atoms with E-state index >= 15 is 0 Å². The summed E-state index contributed by atoms with van der Waals surface area (Å²) in [6.07, 6.45) is 1.61. The van der Waals surface area contributed by atoms with Crippen molar-refractivity contribution in [2.24, 2.45) is 0 Å². The predicted octanol–water partition coefficient (Wildman–Crippen LogP) is 0.971. The molecule has 0 bridgehead atoms. The van der Waals surface area contributed by atoms with Crippen LogP contribution in [0.4, 0.5) is 11.5 Å². The Morgan fingerprint density at radius 3 is 2.79 bits per heavy atom. The number of benzene rings is 1. The number of nitrogen functional groups attached to an aromatic ring is 1. The standard InChI is InChI=1S/C15H14N4O5/c1-8(24-15(21)12-13(16)18-5-4-17-12)14(20)19-9-2-3-10-11(6-9)23-7-22-10/h2-6,8H,7H2,1H3,(H2,16,18)(H,19,20)/t8-/m0/s1. The number of nitrogens with zero attached hydrogens (tertiary/aromatic N) is 2. The molecule has 3 rings (SSSR count). The zero-order valence-electron chi connectivity index (χ0n) is 12.7. The van der Waals surface area contributed by atoms with Crippen molar-refractivity contribution in [1.82, 2.24) is 9.97 Å². The van der Waals surface area contributed by atoms with Gasteiger partial charge in [0, 0.05) is 24.1 Å². The molecule has 2 heterocycles. The lowest BCUT2D eigenvalue weighted by atomic mass is 10.2. The quantitative estimate of drug-likeness (QED) is 0.794. The van der Waals surface area contributed by atoms with Crippen molar-refractivity contribution in [2.75, 3.05) is 17.8 Å². The molecule has 1 aliphatic rings. The third-order valence-electron chi connectivity index (χ3n) is 3.21. The highest BCUT2D eigenvalue weighted by atomic mass is 16.7. The minimum Gasteiger partial charge on any atom is -0.454 e. The Bertz CT molecular complexity index is 795. The van der Waals surface area contributed by atoms with Crippen LogP contribution in [0, 0.1) is 0 Å². The van der Waals surface area contributed by atoms with Crippen molar-refractivity contribution >= 4 is 23.4 Å². The van der Waals surface area contributed by atoms with Crippen LogP contribution in [0.2, 0.25) is 0 Å². The van der Waals surface area contributed by atoms with E-state index in [0.717, 1.165) is 0 Å². The lowest BCUT2D eigenvalue weighted by Crippen LogP contribution is -2.30. The summed E-state index contributed by atoms with van der Waals surface area (Å²) >= 11 is 0. The first-order valence-electron chi connectivity index (χ1n) is 7.02. The maximum Gasteiger partial charge on any atom is 0.361 e. The number of amides is 1. The summed E-state index contributed by atoms with van der Waals surface area (Å²) in [7, 11) is 0. The normalized spacial score (nSPS) is 13.2. The SMILES string of the molecule is C[C@H](OC(=O)c1nccnc1N)C(=O)Nc1ccc2c(c1)OCO2. The van der Waals surface area contributed by atoms with E-state index in [0.29, 0.717) is 17.2 Å². The van der Waals surface area contributed by atoms with Crippen LogP contribution in [-0.2, 0) is 9.53 Å². The van der Waals surface area contributed by atoms with Crippen LogP contribution in [0.15, 0.2) is 30.6 Å². The van der Waals surface area contributed by atoms with Gasteiger partial charge in [0.05, 0.1) is 0 Å². The average Bonchev–Trinajstić information content (AvgIpc) is 3.02.